The number of piperazine rings is 1. The van der Waals surface area contributed by atoms with E-state index in [-0.39, 0.29) is 5.69 Å². The molecule has 1 aromatic carbocycles. The van der Waals surface area contributed by atoms with Gasteiger partial charge in [0.2, 0.25) is 0 Å². The molecule has 0 aliphatic carbocycles. The van der Waals surface area contributed by atoms with E-state index in [2.05, 4.69) is 0 Å². The van der Waals surface area contributed by atoms with Crippen molar-refractivity contribution in [3.8, 4) is 0 Å². The highest BCUT2D eigenvalue weighted by Gasteiger charge is 2.28. The lowest BCUT2D eigenvalue weighted by atomic mass is 10.2. The summed E-state index contributed by atoms with van der Waals surface area (Å²) in [6, 6.07) is 4.04. The van der Waals surface area contributed by atoms with Gasteiger partial charge in [-0.05, 0) is 19.1 Å². The zero-order chi connectivity index (χ0) is 15.6. The van der Waals surface area contributed by atoms with Gasteiger partial charge in [-0.1, -0.05) is 11.6 Å². The molecule has 1 aromatic rings. The third kappa shape index (κ3) is 3.43. The van der Waals surface area contributed by atoms with Crippen LogP contribution in [0, 0.1) is 10.1 Å². The quantitative estimate of drug-likeness (QED) is 0.674. The van der Waals surface area contributed by atoms with E-state index in [1.54, 1.807) is 19.1 Å². The molecule has 7 nitrogen and oxygen atoms in total. The number of rotatable bonds is 4. The van der Waals surface area contributed by atoms with Crippen molar-refractivity contribution in [2.45, 2.75) is 13.0 Å². The molecule has 1 N–H and O–H groups in total. The Morgan fingerprint density at radius 3 is 2.52 bits per heavy atom. The van der Waals surface area contributed by atoms with Crippen LogP contribution in [0.1, 0.15) is 6.92 Å². The number of carboxylic acid groups (broad SMARTS) is 1. The van der Waals surface area contributed by atoms with E-state index in [4.69, 9.17) is 16.7 Å². The van der Waals surface area contributed by atoms with Gasteiger partial charge in [-0.2, -0.15) is 0 Å². The van der Waals surface area contributed by atoms with Gasteiger partial charge in [0.05, 0.1) is 4.92 Å². The minimum atomic E-state index is -0.860. The molecule has 0 aromatic heterocycles. The Labute approximate surface area is 126 Å². The Balaban J connectivity index is 2.12. The van der Waals surface area contributed by atoms with Crippen molar-refractivity contribution in [1.82, 2.24) is 4.90 Å². The van der Waals surface area contributed by atoms with Crippen molar-refractivity contribution >= 4 is 28.9 Å². The number of hydrogen-bond donors (Lipinski definition) is 1. The number of carboxylic acids is 1. The van der Waals surface area contributed by atoms with E-state index in [9.17, 15) is 14.9 Å². The highest BCUT2D eigenvalue weighted by Crippen LogP contribution is 2.31. The van der Waals surface area contributed by atoms with Gasteiger partial charge in [-0.25, -0.2) is 0 Å². The summed E-state index contributed by atoms with van der Waals surface area (Å²) in [6.45, 7) is 3.82. The Hall–Kier alpha value is -1.86. The molecule has 0 saturated carbocycles. The summed E-state index contributed by atoms with van der Waals surface area (Å²) in [6.07, 6.45) is 0. The molecule has 1 heterocycles. The molecule has 21 heavy (non-hydrogen) atoms. The average Bonchev–Trinajstić information content (AvgIpc) is 2.46. The molecular weight excluding hydrogens is 298 g/mol. The first-order chi connectivity index (χ1) is 9.90. The van der Waals surface area contributed by atoms with Crippen molar-refractivity contribution in [3.63, 3.8) is 0 Å². The number of nitrogens with zero attached hydrogens (tertiary/aromatic N) is 3. The second-order valence-electron chi connectivity index (χ2n) is 4.93. The predicted molar refractivity (Wildman–Crippen MR) is 79.0 cm³/mol. The van der Waals surface area contributed by atoms with Crippen LogP contribution in [0.5, 0.6) is 0 Å². The number of nitro benzene ring substituents is 1. The van der Waals surface area contributed by atoms with Gasteiger partial charge in [0.1, 0.15) is 11.7 Å². The molecule has 0 spiro atoms. The van der Waals surface area contributed by atoms with Gasteiger partial charge in [-0.3, -0.25) is 19.8 Å². The first kappa shape index (κ1) is 15.5. The van der Waals surface area contributed by atoms with Crippen molar-refractivity contribution in [2.75, 3.05) is 31.1 Å². The van der Waals surface area contributed by atoms with E-state index < -0.39 is 16.9 Å². The summed E-state index contributed by atoms with van der Waals surface area (Å²) in [5.74, 6) is -0.860. The van der Waals surface area contributed by atoms with Crippen LogP contribution in [0.4, 0.5) is 11.4 Å². The normalized spacial score (nSPS) is 17.5. The number of hydrogen-bond acceptors (Lipinski definition) is 5. The second-order valence-corrected chi connectivity index (χ2v) is 5.36. The number of aliphatic carboxylic acids is 1. The number of anilines is 1. The van der Waals surface area contributed by atoms with Crippen molar-refractivity contribution < 1.29 is 14.8 Å². The van der Waals surface area contributed by atoms with Crippen molar-refractivity contribution in [1.29, 1.82) is 0 Å². The van der Waals surface area contributed by atoms with Crippen LogP contribution in [0.2, 0.25) is 5.02 Å². The lowest BCUT2D eigenvalue weighted by Crippen LogP contribution is -2.51. The van der Waals surface area contributed by atoms with Crippen molar-refractivity contribution in [3.05, 3.63) is 33.3 Å². The van der Waals surface area contributed by atoms with Crippen LogP contribution in [-0.4, -0.2) is 53.1 Å². The van der Waals surface area contributed by atoms with Crippen LogP contribution in [0.15, 0.2) is 18.2 Å². The van der Waals surface area contributed by atoms with E-state index in [0.29, 0.717) is 36.9 Å². The molecule has 8 heteroatoms. The van der Waals surface area contributed by atoms with Crippen LogP contribution in [-0.2, 0) is 4.79 Å². The van der Waals surface area contributed by atoms with E-state index in [1.165, 1.54) is 6.07 Å². The fraction of sp³-hybridized carbons (Fsp3) is 0.462. The summed E-state index contributed by atoms with van der Waals surface area (Å²) in [5.41, 5.74) is 0.495. The molecular formula is C13H16ClN3O4. The molecule has 0 radical (unpaired) electrons. The Morgan fingerprint density at radius 2 is 2.00 bits per heavy atom. The second kappa shape index (κ2) is 6.28. The smallest absolute Gasteiger partial charge is 0.320 e. The largest absolute Gasteiger partial charge is 0.480 e. The molecule has 0 amide bonds. The zero-order valence-electron chi connectivity index (χ0n) is 11.5. The maximum atomic E-state index is 11.1. The Morgan fingerprint density at radius 1 is 1.38 bits per heavy atom. The molecule has 1 saturated heterocycles. The van der Waals surface area contributed by atoms with E-state index in [0.717, 1.165) is 0 Å². The standard InChI is InChI=1S/C13H16ClN3O4/c1-9(13(18)19)15-4-6-16(7-5-15)11-3-2-10(14)8-12(11)17(20)21/h2-3,8-9H,4-7H2,1H3,(H,18,19). The number of carbonyl (C=O) groups is 1. The third-order valence-corrected chi connectivity index (χ3v) is 3.93. The van der Waals surface area contributed by atoms with E-state index in [1.807, 2.05) is 9.80 Å². The zero-order valence-corrected chi connectivity index (χ0v) is 12.3. The Bertz CT molecular complexity index is 558. The minimum absolute atomic E-state index is 0.0257. The maximum absolute atomic E-state index is 11.1. The number of nitro groups is 1. The van der Waals surface area contributed by atoms with Gasteiger partial charge < -0.3 is 10.0 Å². The number of halogens is 1. The fourth-order valence-corrected chi connectivity index (χ4v) is 2.58. The van der Waals surface area contributed by atoms with Crippen LogP contribution < -0.4 is 4.90 Å². The minimum Gasteiger partial charge on any atom is -0.480 e. The first-order valence-electron chi connectivity index (χ1n) is 6.56. The monoisotopic (exact) mass is 313 g/mol. The molecule has 1 aliphatic rings. The highest BCUT2D eigenvalue weighted by atomic mass is 35.5. The van der Waals surface area contributed by atoms with Crippen molar-refractivity contribution in [2.24, 2.45) is 0 Å². The van der Waals surface area contributed by atoms with Gasteiger partial charge in [0, 0.05) is 37.3 Å². The maximum Gasteiger partial charge on any atom is 0.320 e. The molecule has 1 aliphatic heterocycles. The lowest BCUT2D eigenvalue weighted by molar-refractivity contribution is -0.384. The first-order valence-corrected chi connectivity index (χ1v) is 6.93. The van der Waals surface area contributed by atoms with Gasteiger partial charge >= 0.3 is 5.97 Å². The predicted octanol–water partition coefficient (Wildman–Crippen LogP) is 1.84. The van der Waals surface area contributed by atoms with Gasteiger partial charge in [0.15, 0.2) is 0 Å². The topological polar surface area (TPSA) is 86.9 Å². The number of benzene rings is 1. The summed E-state index contributed by atoms with van der Waals surface area (Å²) < 4.78 is 0. The molecule has 2 rings (SSSR count). The molecule has 114 valence electrons. The SMILES string of the molecule is CC(C(=O)O)N1CCN(c2ccc(Cl)cc2[N+](=O)[O-])CC1. The molecule has 1 fully saturated rings. The summed E-state index contributed by atoms with van der Waals surface area (Å²) >= 11 is 5.80. The summed E-state index contributed by atoms with van der Waals surface area (Å²) in [4.78, 5) is 25.4. The molecule has 1 unspecified atom stereocenters. The van der Waals surface area contributed by atoms with Gasteiger partial charge in [-0.15, -0.1) is 0 Å². The Kier molecular flexibility index (Phi) is 4.64. The lowest BCUT2D eigenvalue weighted by Gasteiger charge is -2.37. The average molecular weight is 314 g/mol. The van der Waals surface area contributed by atoms with Crippen LogP contribution in [0.25, 0.3) is 0 Å². The highest BCUT2D eigenvalue weighted by molar-refractivity contribution is 6.30. The summed E-state index contributed by atoms with van der Waals surface area (Å²) in [5, 5.41) is 20.4. The third-order valence-electron chi connectivity index (χ3n) is 3.69. The van der Waals surface area contributed by atoms with E-state index >= 15 is 0 Å². The molecule has 0 bridgehead atoms. The van der Waals surface area contributed by atoms with Gasteiger partial charge in [0.25, 0.3) is 5.69 Å². The fourth-order valence-electron chi connectivity index (χ4n) is 2.42. The summed E-state index contributed by atoms with van der Waals surface area (Å²) in [7, 11) is 0. The van der Waals surface area contributed by atoms with Crippen LogP contribution >= 0.6 is 11.6 Å². The van der Waals surface area contributed by atoms with Crippen LogP contribution in [0.3, 0.4) is 0 Å². The molecule has 1 atom stereocenters.